The average molecular weight is 275 g/mol. The van der Waals surface area contributed by atoms with Crippen LogP contribution in [0.5, 0.6) is 5.75 Å². The number of anilines is 2. The van der Waals surface area contributed by atoms with Gasteiger partial charge in [0.2, 0.25) is 0 Å². The Kier molecular flexibility index (Phi) is 4.01. The van der Waals surface area contributed by atoms with Crippen LogP contribution in [0.15, 0.2) is 18.2 Å². The first-order valence-electron chi connectivity index (χ1n) is 7.78. The summed E-state index contributed by atoms with van der Waals surface area (Å²) in [4.78, 5) is 5.08. The van der Waals surface area contributed by atoms with E-state index in [0.29, 0.717) is 0 Å². The molecule has 2 heterocycles. The fourth-order valence-corrected chi connectivity index (χ4v) is 3.32. The third-order valence-corrected chi connectivity index (χ3v) is 4.34. The van der Waals surface area contributed by atoms with Gasteiger partial charge in [-0.1, -0.05) is 6.92 Å². The molecule has 0 spiro atoms. The van der Waals surface area contributed by atoms with Crippen LogP contribution in [0.1, 0.15) is 26.2 Å². The van der Waals surface area contributed by atoms with E-state index in [1.165, 1.54) is 31.6 Å². The zero-order valence-electron chi connectivity index (χ0n) is 12.3. The molecular formula is C16H25N3O. The highest BCUT2D eigenvalue weighted by atomic mass is 16.5. The summed E-state index contributed by atoms with van der Waals surface area (Å²) in [6, 6.07) is 6.86. The van der Waals surface area contributed by atoms with E-state index in [0.717, 1.165) is 43.6 Å². The van der Waals surface area contributed by atoms with Crippen LogP contribution in [0, 0.1) is 0 Å². The molecule has 110 valence electrons. The molecule has 0 aromatic heterocycles. The molecule has 2 saturated heterocycles. The normalized spacial score (nSPS) is 22.9. The Hall–Kier alpha value is -1.42. The number of rotatable bonds is 4. The van der Waals surface area contributed by atoms with Gasteiger partial charge in [-0.3, -0.25) is 4.90 Å². The zero-order valence-corrected chi connectivity index (χ0v) is 12.3. The number of benzene rings is 1. The maximum atomic E-state index is 6.03. The monoisotopic (exact) mass is 275 g/mol. The largest absolute Gasteiger partial charge is 0.493 e. The molecule has 4 heteroatoms. The maximum absolute atomic E-state index is 6.03. The molecule has 2 aliphatic rings. The van der Waals surface area contributed by atoms with Gasteiger partial charge in [0, 0.05) is 49.2 Å². The predicted molar refractivity (Wildman–Crippen MR) is 83.4 cm³/mol. The Morgan fingerprint density at radius 3 is 3.00 bits per heavy atom. The van der Waals surface area contributed by atoms with Gasteiger partial charge in [-0.05, 0) is 31.9 Å². The van der Waals surface area contributed by atoms with E-state index in [1.54, 1.807) is 0 Å². The summed E-state index contributed by atoms with van der Waals surface area (Å²) in [6.45, 7) is 7.53. The Morgan fingerprint density at radius 2 is 2.15 bits per heavy atom. The number of nitrogen functional groups attached to an aromatic ring is 1. The summed E-state index contributed by atoms with van der Waals surface area (Å²) in [6.07, 6.45) is 3.70. The molecule has 2 aliphatic heterocycles. The Labute approximate surface area is 121 Å². The lowest BCUT2D eigenvalue weighted by atomic mass is 10.1. The third-order valence-electron chi connectivity index (χ3n) is 4.34. The van der Waals surface area contributed by atoms with Crippen molar-refractivity contribution in [3.05, 3.63) is 18.2 Å². The second-order valence-corrected chi connectivity index (χ2v) is 5.89. The van der Waals surface area contributed by atoms with Crippen molar-refractivity contribution >= 4 is 11.4 Å². The molecular weight excluding hydrogens is 250 g/mol. The number of nitrogens with zero attached hydrogens (tertiary/aromatic N) is 2. The molecule has 0 saturated carbocycles. The van der Waals surface area contributed by atoms with Crippen LogP contribution in [0.4, 0.5) is 11.4 Å². The Morgan fingerprint density at radius 1 is 1.25 bits per heavy atom. The summed E-state index contributed by atoms with van der Waals surface area (Å²) in [5, 5.41) is 0. The number of nitrogens with two attached hydrogens (primary N) is 1. The topological polar surface area (TPSA) is 41.7 Å². The van der Waals surface area contributed by atoms with Crippen molar-refractivity contribution in [1.29, 1.82) is 0 Å². The van der Waals surface area contributed by atoms with Gasteiger partial charge in [0.25, 0.3) is 0 Å². The van der Waals surface area contributed by atoms with Crippen LogP contribution in [0.3, 0.4) is 0 Å². The van der Waals surface area contributed by atoms with Gasteiger partial charge in [-0.25, -0.2) is 0 Å². The van der Waals surface area contributed by atoms with Gasteiger partial charge >= 0.3 is 0 Å². The summed E-state index contributed by atoms with van der Waals surface area (Å²) < 4.78 is 5.74. The first kappa shape index (κ1) is 13.6. The molecule has 0 radical (unpaired) electrons. The van der Waals surface area contributed by atoms with E-state index in [-0.39, 0.29) is 0 Å². The van der Waals surface area contributed by atoms with Gasteiger partial charge < -0.3 is 15.4 Å². The number of piperazine rings is 1. The molecule has 2 N–H and O–H groups in total. The smallest absolute Gasteiger partial charge is 0.123 e. The molecule has 1 aromatic rings. The first-order valence-corrected chi connectivity index (χ1v) is 7.78. The van der Waals surface area contributed by atoms with Gasteiger partial charge in [-0.15, -0.1) is 0 Å². The fourth-order valence-electron chi connectivity index (χ4n) is 3.32. The molecule has 0 aliphatic carbocycles. The highest BCUT2D eigenvalue weighted by Gasteiger charge is 2.30. The van der Waals surface area contributed by atoms with Crippen LogP contribution >= 0.6 is 0 Å². The number of hydrogen-bond donors (Lipinski definition) is 1. The Balaban J connectivity index is 1.74. The summed E-state index contributed by atoms with van der Waals surface area (Å²) >= 11 is 0. The number of hydrogen-bond acceptors (Lipinski definition) is 4. The van der Waals surface area contributed by atoms with Crippen molar-refractivity contribution in [3.8, 4) is 5.75 Å². The van der Waals surface area contributed by atoms with E-state index in [2.05, 4.69) is 28.9 Å². The predicted octanol–water partition coefficient (Wildman–Crippen LogP) is 2.34. The quantitative estimate of drug-likeness (QED) is 0.856. The molecule has 3 rings (SSSR count). The average Bonchev–Trinajstić information content (AvgIpc) is 2.92. The number of fused-ring (bicyclic) bond motifs is 1. The number of ether oxygens (including phenoxy) is 1. The van der Waals surface area contributed by atoms with Crippen molar-refractivity contribution < 1.29 is 4.74 Å². The van der Waals surface area contributed by atoms with Crippen molar-refractivity contribution in [1.82, 2.24) is 4.90 Å². The van der Waals surface area contributed by atoms with Crippen LogP contribution in [0.2, 0.25) is 0 Å². The van der Waals surface area contributed by atoms with E-state index in [4.69, 9.17) is 10.5 Å². The Bertz CT molecular complexity index is 463. The molecule has 1 aromatic carbocycles. The molecule has 20 heavy (non-hydrogen) atoms. The minimum atomic E-state index is 0.727. The van der Waals surface area contributed by atoms with Crippen LogP contribution in [0.25, 0.3) is 0 Å². The van der Waals surface area contributed by atoms with Gasteiger partial charge in [0.15, 0.2) is 0 Å². The molecule has 2 fully saturated rings. The van der Waals surface area contributed by atoms with Crippen molar-refractivity contribution in [2.75, 3.05) is 43.4 Å². The molecule has 4 nitrogen and oxygen atoms in total. The van der Waals surface area contributed by atoms with E-state index < -0.39 is 0 Å². The zero-order chi connectivity index (χ0) is 13.9. The lowest BCUT2D eigenvalue weighted by Gasteiger charge is -2.39. The van der Waals surface area contributed by atoms with Crippen LogP contribution in [-0.2, 0) is 0 Å². The second-order valence-electron chi connectivity index (χ2n) is 5.89. The third kappa shape index (κ3) is 2.85. The van der Waals surface area contributed by atoms with Crippen LogP contribution in [-0.4, -0.2) is 43.7 Å². The summed E-state index contributed by atoms with van der Waals surface area (Å²) in [5.41, 5.74) is 8.03. The minimum Gasteiger partial charge on any atom is -0.493 e. The minimum absolute atomic E-state index is 0.727. The molecule has 1 unspecified atom stereocenters. The van der Waals surface area contributed by atoms with E-state index in [9.17, 15) is 0 Å². The molecule has 1 atom stereocenters. The van der Waals surface area contributed by atoms with Gasteiger partial charge in [0.05, 0.1) is 6.61 Å². The lowest BCUT2D eigenvalue weighted by molar-refractivity contribution is 0.231. The summed E-state index contributed by atoms with van der Waals surface area (Å²) in [7, 11) is 0. The van der Waals surface area contributed by atoms with E-state index in [1.807, 2.05) is 6.07 Å². The highest BCUT2D eigenvalue weighted by Crippen LogP contribution is 2.29. The SMILES string of the molecule is CCCOc1cc(N)cc(N2CCN3CCCC3C2)c1. The van der Waals surface area contributed by atoms with E-state index >= 15 is 0 Å². The van der Waals surface area contributed by atoms with Crippen LogP contribution < -0.4 is 15.4 Å². The van der Waals surface area contributed by atoms with Gasteiger partial charge in [-0.2, -0.15) is 0 Å². The fraction of sp³-hybridized carbons (Fsp3) is 0.625. The van der Waals surface area contributed by atoms with Crippen molar-refractivity contribution in [2.45, 2.75) is 32.2 Å². The van der Waals surface area contributed by atoms with Gasteiger partial charge in [0.1, 0.15) is 5.75 Å². The summed E-state index contributed by atoms with van der Waals surface area (Å²) in [5.74, 6) is 0.899. The van der Waals surface area contributed by atoms with Crippen molar-refractivity contribution in [3.63, 3.8) is 0 Å². The highest BCUT2D eigenvalue weighted by molar-refractivity contribution is 5.61. The molecule has 0 amide bonds. The van der Waals surface area contributed by atoms with Crippen molar-refractivity contribution in [2.24, 2.45) is 0 Å². The molecule has 0 bridgehead atoms. The second kappa shape index (κ2) is 5.92. The standard InChI is InChI=1S/C16H25N3O/c1-2-8-20-16-10-13(17)9-15(11-16)19-7-6-18-5-3-4-14(18)12-19/h9-11,14H,2-8,12,17H2,1H3. The first-order chi connectivity index (χ1) is 9.76. The maximum Gasteiger partial charge on any atom is 0.123 e. The lowest BCUT2D eigenvalue weighted by Crippen LogP contribution is -2.50.